The molecule has 0 bridgehead atoms. The van der Waals surface area contributed by atoms with Crippen molar-refractivity contribution in [2.45, 2.75) is 25.3 Å². The SMILES string of the molecule is COCCOCCCNC(=O)C1CCCN1. The Labute approximate surface area is 96.9 Å². The predicted molar refractivity (Wildman–Crippen MR) is 61.3 cm³/mol. The summed E-state index contributed by atoms with van der Waals surface area (Å²) < 4.78 is 10.1. The van der Waals surface area contributed by atoms with Gasteiger partial charge in [-0.15, -0.1) is 0 Å². The van der Waals surface area contributed by atoms with Gasteiger partial charge in [-0.3, -0.25) is 4.79 Å². The van der Waals surface area contributed by atoms with Crippen molar-refractivity contribution < 1.29 is 14.3 Å². The summed E-state index contributed by atoms with van der Waals surface area (Å²) in [6.45, 7) is 3.55. The zero-order valence-corrected chi connectivity index (χ0v) is 9.96. The van der Waals surface area contributed by atoms with Crippen molar-refractivity contribution in [1.29, 1.82) is 0 Å². The van der Waals surface area contributed by atoms with Crippen molar-refractivity contribution >= 4 is 5.91 Å². The van der Waals surface area contributed by atoms with Crippen LogP contribution < -0.4 is 10.6 Å². The normalized spacial score (nSPS) is 19.9. The van der Waals surface area contributed by atoms with E-state index in [1.165, 1.54) is 0 Å². The highest BCUT2D eigenvalue weighted by Gasteiger charge is 2.20. The van der Waals surface area contributed by atoms with Crippen molar-refractivity contribution in [3.63, 3.8) is 0 Å². The van der Waals surface area contributed by atoms with Gasteiger partial charge in [-0.1, -0.05) is 0 Å². The molecule has 0 aromatic carbocycles. The molecule has 1 heterocycles. The molecule has 16 heavy (non-hydrogen) atoms. The number of nitrogens with one attached hydrogen (secondary N) is 2. The second kappa shape index (κ2) is 8.50. The average molecular weight is 230 g/mol. The van der Waals surface area contributed by atoms with Crippen LogP contribution >= 0.6 is 0 Å². The van der Waals surface area contributed by atoms with E-state index in [1.54, 1.807) is 7.11 Å². The largest absolute Gasteiger partial charge is 0.382 e. The second-order valence-corrected chi connectivity index (χ2v) is 3.90. The topological polar surface area (TPSA) is 59.6 Å². The number of amides is 1. The molecule has 0 aromatic rings. The Bertz CT molecular complexity index is 194. The van der Waals surface area contributed by atoms with E-state index < -0.39 is 0 Å². The van der Waals surface area contributed by atoms with Crippen molar-refractivity contribution in [2.24, 2.45) is 0 Å². The molecule has 0 radical (unpaired) electrons. The Morgan fingerprint density at radius 3 is 3.00 bits per heavy atom. The number of rotatable bonds is 8. The minimum Gasteiger partial charge on any atom is -0.382 e. The van der Waals surface area contributed by atoms with Gasteiger partial charge >= 0.3 is 0 Å². The maximum atomic E-state index is 11.5. The van der Waals surface area contributed by atoms with E-state index in [4.69, 9.17) is 9.47 Å². The van der Waals surface area contributed by atoms with Gasteiger partial charge in [0.2, 0.25) is 5.91 Å². The molecule has 1 aliphatic rings. The lowest BCUT2D eigenvalue weighted by atomic mass is 10.2. The summed E-state index contributed by atoms with van der Waals surface area (Å²) in [6, 6.07) is 0.0226. The number of carbonyl (C=O) groups is 1. The highest BCUT2D eigenvalue weighted by Crippen LogP contribution is 2.04. The Kier molecular flexibility index (Phi) is 7.12. The van der Waals surface area contributed by atoms with Gasteiger partial charge in [0.15, 0.2) is 0 Å². The van der Waals surface area contributed by atoms with Gasteiger partial charge < -0.3 is 20.1 Å². The van der Waals surface area contributed by atoms with E-state index in [9.17, 15) is 4.79 Å². The first-order valence-electron chi connectivity index (χ1n) is 5.92. The van der Waals surface area contributed by atoms with Crippen molar-refractivity contribution in [3.8, 4) is 0 Å². The molecule has 1 fully saturated rings. The number of carbonyl (C=O) groups excluding carboxylic acids is 1. The van der Waals surface area contributed by atoms with Crippen LogP contribution in [0.4, 0.5) is 0 Å². The zero-order valence-electron chi connectivity index (χ0n) is 9.96. The molecule has 1 rings (SSSR count). The maximum Gasteiger partial charge on any atom is 0.237 e. The fourth-order valence-electron chi connectivity index (χ4n) is 1.66. The van der Waals surface area contributed by atoms with Gasteiger partial charge in [-0.25, -0.2) is 0 Å². The third kappa shape index (κ3) is 5.44. The molecule has 1 saturated heterocycles. The van der Waals surface area contributed by atoms with E-state index in [0.29, 0.717) is 26.4 Å². The molecule has 0 aromatic heterocycles. The Balaban J connectivity index is 1.88. The van der Waals surface area contributed by atoms with Crippen molar-refractivity contribution in [1.82, 2.24) is 10.6 Å². The summed E-state index contributed by atoms with van der Waals surface area (Å²) in [5.74, 6) is 0.120. The van der Waals surface area contributed by atoms with Gasteiger partial charge in [0.1, 0.15) is 0 Å². The quantitative estimate of drug-likeness (QED) is 0.572. The molecule has 5 heteroatoms. The van der Waals surface area contributed by atoms with Crippen LogP contribution in [0.2, 0.25) is 0 Å². The van der Waals surface area contributed by atoms with Crippen molar-refractivity contribution in [2.75, 3.05) is 40.0 Å². The Morgan fingerprint density at radius 1 is 1.44 bits per heavy atom. The van der Waals surface area contributed by atoms with Gasteiger partial charge in [-0.05, 0) is 25.8 Å². The van der Waals surface area contributed by atoms with E-state index in [1.807, 2.05) is 0 Å². The molecule has 94 valence electrons. The molecule has 1 amide bonds. The lowest BCUT2D eigenvalue weighted by molar-refractivity contribution is -0.122. The summed E-state index contributed by atoms with van der Waals surface area (Å²) in [4.78, 5) is 11.5. The molecular weight excluding hydrogens is 208 g/mol. The van der Waals surface area contributed by atoms with Crippen LogP contribution in [0.15, 0.2) is 0 Å². The summed E-state index contributed by atoms with van der Waals surface area (Å²) >= 11 is 0. The van der Waals surface area contributed by atoms with Crippen LogP contribution in [-0.2, 0) is 14.3 Å². The molecule has 0 aliphatic carbocycles. The van der Waals surface area contributed by atoms with Crippen LogP contribution in [0.3, 0.4) is 0 Å². The van der Waals surface area contributed by atoms with E-state index in [-0.39, 0.29) is 11.9 Å². The summed E-state index contributed by atoms with van der Waals surface area (Å²) in [7, 11) is 1.65. The molecule has 2 N–H and O–H groups in total. The number of hydrogen-bond acceptors (Lipinski definition) is 4. The van der Waals surface area contributed by atoms with E-state index in [0.717, 1.165) is 25.8 Å². The summed E-state index contributed by atoms with van der Waals surface area (Å²) in [5.41, 5.74) is 0. The predicted octanol–water partition coefficient (Wildman–Crippen LogP) is -0.0923. The van der Waals surface area contributed by atoms with Gasteiger partial charge in [0.25, 0.3) is 0 Å². The van der Waals surface area contributed by atoms with Crippen LogP contribution in [0.5, 0.6) is 0 Å². The van der Waals surface area contributed by atoms with Crippen LogP contribution in [0, 0.1) is 0 Å². The zero-order chi connectivity index (χ0) is 11.6. The lowest BCUT2D eigenvalue weighted by Crippen LogP contribution is -2.40. The molecule has 0 spiro atoms. The van der Waals surface area contributed by atoms with Gasteiger partial charge in [0.05, 0.1) is 19.3 Å². The molecule has 1 atom stereocenters. The third-order valence-corrected chi connectivity index (χ3v) is 2.57. The van der Waals surface area contributed by atoms with Gasteiger partial charge in [0, 0.05) is 20.3 Å². The molecule has 1 unspecified atom stereocenters. The summed E-state index contributed by atoms with van der Waals surface area (Å²) in [6.07, 6.45) is 2.90. The first kappa shape index (κ1) is 13.4. The monoisotopic (exact) mass is 230 g/mol. The molecular formula is C11H22N2O3. The number of hydrogen-bond donors (Lipinski definition) is 2. The number of methoxy groups -OCH3 is 1. The highest BCUT2D eigenvalue weighted by atomic mass is 16.5. The van der Waals surface area contributed by atoms with Crippen molar-refractivity contribution in [3.05, 3.63) is 0 Å². The third-order valence-electron chi connectivity index (χ3n) is 2.57. The van der Waals surface area contributed by atoms with E-state index >= 15 is 0 Å². The second-order valence-electron chi connectivity index (χ2n) is 3.90. The number of ether oxygens (including phenoxy) is 2. The Morgan fingerprint density at radius 2 is 2.31 bits per heavy atom. The minimum atomic E-state index is 0.0226. The van der Waals surface area contributed by atoms with Crippen LogP contribution in [0.25, 0.3) is 0 Å². The highest BCUT2D eigenvalue weighted by molar-refractivity contribution is 5.81. The molecule has 0 saturated carbocycles. The first-order valence-corrected chi connectivity index (χ1v) is 5.92. The fraction of sp³-hybridized carbons (Fsp3) is 0.909. The van der Waals surface area contributed by atoms with Gasteiger partial charge in [-0.2, -0.15) is 0 Å². The lowest BCUT2D eigenvalue weighted by Gasteiger charge is -2.10. The average Bonchev–Trinajstić information content (AvgIpc) is 2.81. The standard InChI is InChI=1S/C11H22N2O3/c1-15-8-9-16-7-3-6-13-11(14)10-4-2-5-12-10/h10,12H,2-9H2,1H3,(H,13,14). The molecule has 1 aliphatic heterocycles. The molecule has 5 nitrogen and oxygen atoms in total. The maximum absolute atomic E-state index is 11.5. The van der Waals surface area contributed by atoms with Crippen LogP contribution in [-0.4, -0.2) is 52.0 Å². The fourth-order valence-corrected chi connectivity index (χ4v) is 1.66. The van der Waals surface area contributed by atoms with E-state index in [2.05, 4.69) is 10.6 Å². The van der Waals surface area contributed by atoms with Crippen LogP contribution in [0.1, 0.15) is 19.3 Å². The first-order chi connectivity index (χ1) is 7.84. The minimum absolute atomic E-state index is 0.0226. The smallest absolute Gasteiger partial charge is 0.237 e. The Hall–Kier alpha value is -0.650. The summed E-state index contributed by atoms with van der Waals surface area (Å²) in [5, 5.41) is 6.07.